The molecule has 1 unspecified atom stereocenters. The van der Waals surface area contributed by atoms with Gasteiger partial charge in [0.15, 0.2) is 0 Å². The van der Waals surface area contributed by atoms with E-state index < -0.39 is 10.0 Å². The molecule has 2 N–H and O–H groups in total. The molecule has 0 aliphatic rings. The second kappa shape index (κ2) is 7.03. The topological polar surface area (TPSA) is 63.4 Å². The second-order valence-electron chi connectivity index (χ2n) is 5.02. The Labute approximate surface area is 116 Å². The number of hydrogen-bond donors (Lipinski definition) is 1. The SMILES string of the molecule is CCC(C)CN(C)S(=O)(=O)Cc1ccccc1CN. The molecule has 4 nitrogen and oxygen atoms in total. The lowest BCUT2D eigenvalue weighted by Crippen LogP contribution is -2.32. The van der Waals surface area contributed by atoms with Crippen LogP contribution in [0.15, 0.2) is 24.3 Å². The molecular weight excluding hydrogens is 260 g/mol. The molecule has 0 amide bonds. The van der Waals surface area contributed by atoms with Gasteiger partial charge in [0.05, 0.1) is 5.75 Å². The Morgan fingerprint density at radius 3 is 2.37 bits per heavy atom. The Morgan fingerprint density at radius 2 is 1.84 bits per heavy atom. The summed E-state index contributed by atoms with van der Waals surface area (Å²) in [5.74, 6) is 0.386. The Morgan fingerprint density at radius 1 is 1.26 bits per heavy atom. The predicted molar refractivity (Wildman–Crippen MR) is 79.0 cm³/mol. The number of benzene rings is 1. The van der Waals surface area contributed by atoms with Crippen LogP contribution in [0, 0.1) is 5.92 Å². The maximum absolute atomic E-state index is 12.3. The normalized spacial score (nSPS) is 13.7. The van der Waals surface area contributed by atoms with Crippen molar-refractivity contribution >= 4 is 10.0 Å². The summed E-state index contributed by atoms with van der Waals surface area (Å²) in [5, 5.41) is 0. The van der Waals surface area contributed by atoms with Gasteiger partial charge in [0.25, 0.3) is 0 Å². The highest BCUT2D eigenvalue weighted by Gasteiger charge is 2.20. The Hall–Kier alpha value is -0.910. The highest BCUT2D eigenvalue weighted by molar-refractivity contribution is 7.88. The first-order valence-electron chi connectivity index (χ1n) is 6.61. The minimum atomic E-state index is -3.27. The van der Waals surface area contributed by atoms with Crippen molar-refractivity contribution in [2.24, 2.45) is 11.7 Å². The Bertz CT molecular complexity index is 500. The molecule has 0 saturated heterocycles. The van der Waals surface area contributed by atoms with Crippen LogP contribution in [0.3, 0.4) is 0 Å². The van der Waals surface area contributed by atoms with Gasteiger partial charge in [-0.1, -0.05) is 44.5 Å². The maximum atomic E-state index is 12.3. The van der Waals surface area contributed by atoms with E-state index in [4.69, 9.17) is 5.73 Å². The number of nitrogens with two attached hydrogens (primary N) is 1. The number of nitrogens with zero attached hydrogens (tertiary/aromatic N) is 1. The van der Waals surface area contributed by atoms with Gasteiger partial charge in [-0.25, -0.2) is 12.7 Å². The third-order valence-electron chi connectivity index (χ3n) is 3.42. The highest BCUT2D eigenvalue weighted by Crippen LogP contribution is 2.15. The minimum Gasteiger partial charge on any atom is -0.326 e. The van der Waals surface area contributed by atoms with Gasteiger partial charge >= 0.3 is 0 Å². The van der Waals surface area contributed by atoms with Crippen LogP contribution in [-0.2, 0) is 22.3 Å². The summed E-state index contributed by atoms with van der Waals surface area (Å²) in [7, 11) is -1.63. The standard InChI is InChI=1S/C14H24N2O2S/c1-4-12(2)10-16(3)19(17,18)11-14-8-6-5-7-13(14)9-15/h5-8,12H,4,9-11,15H2,1-3H3. The third kappa shape index (κ3) is 4.60. The summed E-state index contributed by atoms with van der Waals surface area (Å²) in [6, 6.07) is 7.43. The largest absolute Gasteiger partial charge is 0.326 e. The first-order chi connectivity index (χ1) is 8.90. The quantitative estimate of drug-likeness (QED) is 0.832. The summed E-state index contributed by atoms with van der Waals surface area (Å²) in [6.07, 6.45) is 0.971. The van der Waals surface area contributed by atoms with Gasteiger partial charge in [0, 0.05) is 20.1 Å². The van der Waals surface area contributed by atoms with Crippen molar-refractivity contribution in [3.8, 4) is 0 Å². The fraction of sp³-hybridized carbons (Fsp3) is 0.571. The molecule has 0 saturated carbocycles. The van der Waals surface area contributed by atoms with Crippen molar-refractivity contribution in [1.82, 2.24) is 4.31 Å². The fourth-order valence-electron chi connectivity index (χ4n) is 1.89. The average molecular weight is 284 g/mol. The van der Waals surface area contributed by atoms with Crippen molar-refractivity contribution in [1.29, 1.82) is 0 Å². The van der Waals surface area contributed by atoms with E-state index >= 15 is 0 Å². The molecule has 0 aromatic heterocycles. The molecule has 0 radical (unpaired) electrons. The molecule has 0 aliphatic heterocycles. The molecule has 1 aromatic carbocycles. The summed E-state index contributed by atoms with van der Waals surface area (Å²) >= 11 is 0. The monoisotopic (exact) mass is 284 g/mol. The molecule has 0 heterocycles. The van der Waals surface area contributed by atoms with Crippen LogP contribution in [0.2, 0.25) is 0 Å². The van der Waals surface area contributed by atoms with E-state index in [9.17, 15) is 8.42 Å². The van der Waals surface area contributed by atoms with E-state index in [0.29, 0.717) is 19.0 Å². The van der Waals surface area contributed by atoms with Crippen LogP contribution < -0.4 is 5.73 Å². The van der Waals surface area contributed by atoms with Crippen LogP contribution >= 0.6 is 0 Å². The molecule has 108 valence electrons. The van der Waals surface area contributed by atoms with Crippen LogP contribution in [0.25, 0.3) is 0 Å². The van der Waals surface area contributed by atoms with Gasteiger partial charge < -0.3 is 5.73 Å². The average Bonchev–Trinajstić information content (AvgIpc) is 2.38. The van der Waals surface area contributed by atoms with E-state index in [1.54, 1.807) is 7.05 Å². The zero-order valence-corrected chi connectivity index (χ0v) is 12.8. The van der Waals surface area contributed by atoms with Crippen molar-refractivity contribution in [3.05, 3.63) is 35.4 Å². The number of rotatable bonds is 7. The zero-order valence-electron chi connectivity index (χ0n) is 12.0. The van der Waals surface area contributed by atoms with Crippen LogP contribution in [0.5, 0.6) is 0 Å². The molecule has 0 fully saturated rings. The van der Waals surface area contributed by atoms with Gasteiger partial charge in [-0.15, -0.1) is 0 Å². The van der Waals surface area contributed by atoms with E-state index in [-0.39, 0.29) is 5.75 Å². The van der Waals surface area contributed by atoms with Crippen LogP contribution in [-0.4, -0.2) is 26.3 Å². The van der Waals surface area contributed by atoms with E-state index in [0.717, 1.165) is 17.5 Å². The lowest BCUT2D eigenvalue weighted by molar-refractivity contribution is 0.393. The molecule has 1 rings (SSSR count). The van der Waals surface area contributed by atoms with E-state index in [2.05, 4.69) is 13.8 Å². The first kappa shape index (κ1) is 16.1. The smallest absolute Gasteiger partial charge is 0.218 e. The predicted octanol–water partition coefficient (Wildman–Crippen LogP) is 1.95. The first-order valence-corrected chi connectivity index (χ1v) is 8.22. The molecular formula is C14H24N2O2S. The van der Waals surface area contributed by atoms with Crippen LogP contribution in [0.1, 0.15) is 31.4 Å². The van der Waals surface area contributed by atoms with Crippen molar-refractivity contribution in [2.45, 2.75) is 32.6 Å². The molecule has 0 bridgehead atoms. The lowest BCUT2D eigenvalue weighted by Gasteiger charge is -2.21. The molecule has 1 atom stereocenters. The van der Waals surface area contributed by atoms with Gasteiger partial charge in [0.1, 0.15) is 0 Å². The summed E-state index contributed by atoms with van der Waals surface area (Å²) in [4.78, 5) is 0. The second-order valence-corrected chi connectivity index (χ2v) is 7.10. The Kier molecular flexibility index (Phi) is 5.97. The molecule has 1 aromatic rings. The highest BCUT2D eigenvalue weighted by atomic mass is 32.2. The van der Waals surface area contributed by atoms with Crippen molar-refractivity contribution in [2.75, 3.05) is 13.6 Å². The summed E-state index contributed by atoms with van der Waals surface area (Å²) in [5.41, 5.74) is 7.32. The summed E-state index contributed by atoms with van der Waals surface area (Å²) < 4.78 is 26.1. The summed E-state index contributed by atoms with van der Waals surface area (Å²) in [6.45, 7) is 5.04. The van der Waals surface area contributed by atoms with E-state index in [1.165, 1.54) is 4.31 Å². The number of hydrogen-bond acceptors (Lipinski definition) is 3. The lowest BCUT2D eigenvalue weighted by atomic mass is 10.1. The molecule has 0 spiro atoms. The van der Waals surface area contributed by atoms with Gasteiger partial charge in [-0.2, -0.15) is 0 Å². The van der Waals surface area contributed by atoms with Crippen molar-refractivity contribution < 1.29 is 8.42 Å². The fourth-order valence-corrected chi connectivity index (χ4v) is 3.26. The van der Waals surface area contributed by atoms with Crippen LogP contribution in [0.4, 0.5) is 0 Å². The minimum absolute atomic E-state index is 0.0211. The van der Waals surface area contributed by atoms with Gasteiger partial charge in [-0.3, -0.25) is 0 Å². The molecule has 5 heteroatoms. The molecule has 0 aliphatic carbocycles. The van der Waals surface area contributed by atoms with Gasteiger partial charge in [0.2, 0.25) is 10.0 Å². The van der Waals surface area contributed by atoms with E-state index in [1.807, 2.05) is 24.3 Å². The van der Waals surface area contributed by atoms with Crippen molar-refractivity contribution in [3.63, 3.8) is 0 Å². The number of sulfonamides is 1. The van der Waals surface area contributed by atoms with Gasteiger partial charge in [-0.05, 0) is 17.0 Å². The molecule has 19 heavy (non-hydrogen) atoms. The Balaban J connectivity index is 2.84. The third-order valence-corrected chi connectivity index (χ3v) is 5.19. The zero-order chi connectivity index (χ0) is 14.5. The maximum Gasteiger partial charge on any atom is 0.218 e.